The topological polar surface area (TPSA) is 46.1 Å². The minimum atomic E-state index is -4.61. The van der Waals surface area contributed by atoms with E-state index in [0.29, 0.717) is 5.56 Å². The van der Waals surface area contributed by atoms with Gasteiger partial charge in [-0.2, -0.15) is 13.2 Å². The Morgan fingerprint density at radius 2 is 1.77 bits per heavy atom. The highest BCUT2D eigenvalue weighted by Crippen LogP contribution is 2.36. The first-order valence-electron chi connectivity index (χ1n) is 9.83. The highest BCUT2D eigenvalue weighted by atomic mass is 32.2. The van der Waals surface area contributed by atoms with Gasteiger partial charge < -0.3 is 4.90 Å². The van der Waals surface area contributed by atoms with Gasteiger partial charge in [0, 0.05) is 17.3 Å². The first-order valence-corrected chi connectivity index (χ1v) is 10.7. The molecule has 0 radical (unpaired) electrons. The largest absolute Gasteiger partial charge is 0.433 e. The van der Waals surface area contributed by atoms with Gasteiger partial charge in [0.25, 0.3) is 0 Å². The Morgan fingerprint density at radius 3 is 2.48 bits per heavy atom. The van der Waals surface area contributed by atoms with E-state index in [2.05, 4.69) is 9.97 Å². The van der Waals surface area contributed by atoms with Crippen molar-refractivity contribution >= 4 is 23.4 Å². The molecule has 2 heterocycles. The van der Waals surface area contributed by atoms with Gasteiger partial charge in [-0.25, -0.2) is 9.97 Å². The number of alkyl halides is 3. The van der Waals surface area contributed by atoms with Gasteiger partial charge in [0.2, 0.25) is 5.91 Å². The van der Waals surface area contributed by atoms with Crippen molar-refractivity contribution in [3.8, 4) is 11.3 Å². The van der Waals surface area contributed by atoms with Crippen LogP contribution in [0.5, 0.6) is 0 Å². The Kier molecular flexibility index (Phi) is 5.75. The Morgan fingerprint density at radius 1 is 1.10 bits per heavy atom. The SMILES string of the molecule is CC(Sc1nc(-c2ccccc2)cc(C(F)(F)F)n1)C(=O)N1c2ccccc2CC1C. The number of fused-ring (bicyclic) bond motifs is 1. The highest BCUT2D eigenvalue weighted by Gasteiger charge is 2.36. The van der Waals surface area contributed by atoms with Gasteiger partial charge in [0.05, 0.1) is 10.9 Å². The zero-order valence-corrected chi connectivity index (χ0v) is 17.7. The van der Waals surface area contributed by atoms with Crippen molar-refractivity contribution in [2.75, 3.05) is 4.90 Å². The summed E-state index contributed by atoms with van der Waals surface area (Å²) in [6.07, 6.45) is -3.87. The van der Waals surface area contributed by atoms with Crippen LogP contribution in [0.1, 0.15) is 25.1 Å². The number of amides is 1. The lowest BCUT2D eigenvalue weighted by atomic mass is 10.1. The quantitative estimate of drug-likeness (QED) is 0.388. The van der Waals surface area contributed by atoms with Gasteiger partial charge in [-0.3, -0.25) is 4.79 Å². The molecule has 2 aromatic carbocycles. The lowest BCUT2D eigenvalue weighted by Gasteiger charge is -2.25. The maximum Gasteiger partial charge on any atom is 0.433 e. The molecule has 2 atom stereocenters. The third kappa shape index (κ3) is 4.44. The van der Waals surface area contributed by atoms with Crippen LogP contribution in [0.15, 0.2) is 65.8 Å². The Hall–Kier alpha value is -2.87. The van der Waals surface area contributed by atoms with Crippen LogP contribution in [0.4, 0.5) is 18.9 Å². The fraction of sp³-hybridized carbons (Fsp3) is 0.261. The average Bonchev–Trinajstić information content (AvgIpc) is 3.08. The number of thioether (sulfide) groups is 1. The van der Waals surface area contributed by atoms with Crippen LogP contribution in [0, 0.1) is 0 Å². The van der Waals surface area contributed by atoms with E-state index in [0.717, 1.165) is 35.5 Å². The van der Waals surface area contributed by atoms with E-state index in [1.165, 1.54) is 0 Å². The second-order valence-electron chi connectivity index (χ2n) is 7.43. The molecule has 1 aromatic heterocycles. The minimum absolute atomic E-state index is 0.0183. The number of para-hydroxylation sites is 1. The lowest BCUT2D eigenvalue weighted by molar-refractivity contribution is -0.141. The standard InChI is InChI=1S/C23H20F3N3OS/c1-14-12-17-10-6-7-11-19(17)29(14)21(30)15(2)31-22-27-18(16-8-4-3-5-9-16)13-20(28-22)23(24,25)26/h3-11,13-15H,12H2,1-2H3. The normalized spacial score (nSPS) is 16.8. The monoisotopic (exact) mass is 443 g/mol. The molecule has 0 N–H and O–H groups in total. The Labute approximate surface area is 182 Å². The maximum absolute atomic E-state index is 13.4. The van der Waals surface area contributed by atoms with Gasteiger partial charge in [-0.15, -0.1) is 0 Å². The number of aromatic nitrogens is 2. The fourth-order valence-electron chi connectivity index (χ4n) is 3.69. The molecule has 0 aliphatic carbocycles. The molecule has 0 saturated carbocycles. The van der Waals surface area contributed by atoms with Crippen LogP contribution in [0.3, 0.4) is 0 Å². The van der Waals surface area contributed by atoms with Crippen molar-refractivity contribution in [3.63, 3.8) is 0 Å². The van der Waals surface area contributed by atoms with Gasteiger partial charge >= 0.3 is 6.18 Å². The van der Waals surface area contributed by atoms with Gasteiger partial charge in [0.1, 0.15) is 5.69 Å². The van der Waals surface area contributed by atoms with Crippen molar-refractivity contribution in [3.05, 3.63) is 71.9 Å². The number of hydrogen-bond acceptors (Lipinski definition) is 4. The van der Waals surface area contributed by atoms with Crippen molar-refractivity contribution in [1.29, 1.82) is 0 Å². The molecule has 1 amide bonds. The van der Waals surface area contributed by atoms with Gasteiger partial charge in [0.15, 0.2) is 5.16 Å². The van der Waals surface area contributed by atoms with Gasteiger partial charge in [-0.05, 0) is 38.0 Å². The fourth-order valence-corrected chi connectivity index (χ4v) is 4.52. The molecule has 1 aliphatic rings. The van der Waals surface area contributed by atoms with Crippen molar-refractivity contribution < 1.29 is 18.0 Å². The zero-order chi connectivity index (χ0) is 22.2. The molecule has 0 bridgehead atoms. The molecule has 0 spiro atoms. The van der Waals surface area contributed by atoms with E-state index in [1.807, 2.05) is 31.2 Å². The molecule has 31 heavy (non-hydrogen) atoms. The number of hydrogen-bond donors (Lipinski definition) is 0. The van der Waals surface area contributed by atoms with Crippen LogP contribution in [-0.2, 0) is 17.4 Å². The molecule has 2 unspecified atom stereocenters. The second kappa shape index (κ2) is 8.34. The number of rotatable bonds is 4. The van der Waals surface area contributed by atoms with Gasteiger partial charge in [-0.1, -0.05) is 60.3 Å². The van der Waals surface area contributed by atoms with Crippen LogP contribution >= 0.6 is 11.8 Å². The Balaban J connectivity index is 1.63. The summed E-state index contributed by atoms with van der Waals surface area (Å²) < 4.78 is 40.3. The van der Waals surface area contributed by atoms with E-state index in [1.54, 1.807) is 42.2 Å². The molecule has 3 aromatic rings. The maximum atomic E-state index is 13.4. The number of carbonyl (C=O) groups is 1. The first-order chi connectivity index (χ1) is 14.7. The number of carbonyl (C=O) groups excluding carboxylic acids is 1. The molecular formula is C23H20F3N3OS. The second-order valence-corrected chi connectivity index (χ2v) is 8.74. The van der Waals surface area contributed by atoms with Crippen LogP contribution in [-0.4, -0.2) is 27.2 Å². The molecule has 0 fully saturated rings. The number of benzene rings is 2. The number of nitrogens with zero attached hydrogens (tertiary/aromatic N) is 3. The molecule has 4 nitrogen and oxygen atoms in total. The molecule has 4 rings (SSSR count). The van der Waals surface area contributed by atoms with Crippen LogP contribution in [0.2, 0.25) is 0 Å². The molecular weight excluding hydrogens is 423 g/mol. The summed E-state index contributed by atoms with van der Waals surface area (Å²) in [6, 6.07) is 17.2. The van der Waals surface area contributed by atoms with Crippen LogP contribution < -0.4 is 4.90 Å². The third-order valence-corrected chi connectivity index (χ3v) is 6.09. The summed E-state index contributed by atoms with van der Waals surface area (Å²) in [5.74, 6) is -0.176. The summed E-state index contributed by atoms with van der Waals surface area (Å²) in [6.45, 7) is 3.63. The molecule has 160 valence electrons. The van der Waals surface area contributed by atoms with E-state index < -0.39 is 17.1 Å². The summed E-state index contributed by atoms with van der Waals surface area (Å²) in [4.78, 5) is 22.9. The summed E-state index contributed by atoms with van der Waals surface area (Å²) >= 11 is 0.941. The summed E-state index contributed by atoms with van der Waals surface area (Å²) in [7, 11) is 0. The first kappa shape index (κ1) is 21.4. The van der Waals surface area contributed by atoms with E-state index in [9.17, 15) is 18.0 Å². The summed E-state index contributed by atoms with van der Waals surface area (Å²) in [5, 5.41) is -0.727. The van der Waals surface area contributed by atoms with Crippen molar-refractivity contribution in [2.24, 2.45) is 0 Å². The highest BCUT2D eigenvalue weighted by molar-refractivity contribution is 8.00. The van der Waals surface area contributed by atoms with Crippen LogP contribution in [0.25, 0.3) is 11.3 Å². The van der Waals surface area contributed by atoms with Crippen molar-refractivity contribution in [1.82, 2.24) is 9.97 Å². The third-order valence-electron chi connectivity index (χ3n) is 5.14. The molecule has 0 saturated heterocycles. The minimum Gasteiger partial charge on any atom is -0.308 e. The van der Waals surface area contributed by atoms with E-state index in [-0.39, 0.29) is 22.8 Å². The predicted octanol–water partition coefficient (Wildman–Crippen LogP) is 5.62. The predicted molar refractivity (Wildman–Crippen MR) is 115 cm³/mol. The molecule has 8 heteroatoms. The zero-order valence-electron chi connectivity index (χ0n) is 16.9. The van der Waals surface area contributed by atoms with Crippen molar-refractivity contribution in [2.45, 2.75) is 42.9 Å². The number of anilines is 1. The Bertz CT molecular complexity index is 1100. The lowest BCUT2D eigenvalue weighted by Crippen LogP contribution is -2.40. The summed E-state index contributed by atoms with van der Waals surface area (Å²) in [5.41, 5.74) is 1.64. The molecule has 1 aliphatic heterocycles. The average molecular weight is 443 g/mol. The smallest absolute Gasteiger partial charge is 0.308 e. The number of halogens is 3. The van der Waals surface area contributed by atoms with E-state index in [4.69, 9.17) is 0 Å². The van der Waals surface area contributed by atoms with E-state index >= 15 is 0 Å².